The molecule has 19 heavy (non-hydrogen) atoms. The van der Waals surface area contributed by atoms with Gasteiger partial charge in [-0.05, 0) is 37.0 Å². The van der Waals surface area contributed by atoms with Gasteiger partial charge in [-0.15, -0.1) is 0 Å². The first-order chi connectivity index (χ1) is 8.45. The van der Waals surface area contributed by atoms with Crippen LogP contribution in [-0.2, 0) is 10.0 Å². The molecule has 0 aliphatic heterocycles. The van der Waals surface area contributed by atoms with Crippen molar-refractivity contribution in [3.05, 3.63) is 22.2 Å². The van der Waals surface area contributed by atoms with Crippen molar-refractivity contribution in [3.63, 3.8) is 0 Å². The van der Waals surface area contributed by atoms with Crippen LogP contribution in [0.3, 0.4) is 0 Å². The fourth-order valence-corrected chi connectivity index (χ4v) is 3.80. The van der Waals surface area contributed by atoms with Crippen LogP contribution in [0.1, 0.15) is 33.3 Å². The molecule has 0 bridgehead atoms. The molecule has 1 unspecified atom stereocenters. The van der Waals surface area contributed by atoms with Crippen molar-refractivity contribution in [3.8, 4) is 0 Å². The van der Waals surface area contributed by atoms with Crippen LogP contribution in [0.15, 0.2) is 21.5 Å². The summed E-state index contributed by atoms with van der Waals surface area (Å²) in [7, 11) is -3.58. The van der Waals surface area contributed by atoms with Crippen molar-refractivity contribution >= 4 is 31.6 Å². The molecule has 0 radical (unpaired) electrons. The van der Waals surface area contributed by atoms with Crippen molar-refractivity contribution in [2.24, 2.45) is 5.41 Å². The highest BCUT2D eigenvalue weighted by Crippen LogP contribution is 2.27. The standard InChI is InChI=1S/C13H21BrN2O2S/c1-8-11(15)6-10(14)7-12(8)19(17,18)16-9(2)13(3,4)5/h6-7,9,16H,15H2,1-5H3. The average Bonchev–Trinajstić information content (AvgIpc) is 2.21. The van der Waals surface area contributed by atoms with Crippen molar-refractivity contribution in [2.45, 2.75) is 45.6 Å². The molecule has 1 rings (SSSR count). The first-order valence-electron chi connectivity index (χ1n) is 6.03. The first kappa shape index (κ1) is 16.5. The van der Waals surface area contributed by atoms with E-state index in [2.05, 4.69) is 20.7 Å². The Balaban J connectivity index is 3.22. The van der Waals surface area contributed by atoms with E-state index in [0.29, 0.717) is 15.7 Å². The summed E-state index contributed by atoms with van der Waals surface area (Å²) in [5.74, 6) is 0. The van der Waals surface area contributed by atoms with Gasteiger partial charge in [-0.1, -0.05) is 36.7 Å². The quantitative estimate of drug-likeness (QED) is 0.824. The number of nitrogens with two attached hydrogens (primary N) is 1. The molecule has 0 saturated heterocycles. The Labute approximate surface area is 124 Å². The van der Waals surface area contributed by atoms with Crippen LogP contribution in [0.25, 0.3) is 0 Å². The average molecular weight is 349 g/mol. The summed E-state index contributed by atoms with van der Waals surface area (Å²) >= 11 is 3.27. The molecule has 3 N–H and O–H groups in total. The van der Waals surface area contributed by atoms with Crippen molar-refractivity contribution < 1.29 is 8.42 Å². The zero-order valence-electron chi connectivity index (χ0n) is 11.9. The maximum absolute atomic E-state index is 12.4. The summed E-state index contributed by atoms with van der Waals surface area (Å²) in [6.45, 7) is 9.53. The Kier molecular flexibility index (Phi) is 4.70. The Morgan fingerprint density at radius 1 is 1.32 bits per heavy atom. The van der Waals surface area contributed by atoms with Gasteiger partial charge in [0.25, 0.3) is 0 Å². The summed E-state index contributed by atoms with van der Waals surface area (Å²) in [6, 6.07) is 3.09. The fourth-order valence-electron chi connectivity index (χ4n) is 1.43. The molecule has 0 saturated carbocycles. The molecule has 0 fully saturated rings. The van der Waals surface area contributed by atoms with Crippen LogP contribution in [-0.4, -0.2) is 14.5 Å². The van der Waals surface area contributed by atoms with Crippen LogP contribution in [0.5, 0.6) is 0 Å². The van der Waals surface area contributed by atoms with Crippen LogP contribution in [0.4, 0.5) is 5.69 Å². The largest absolute Gasteiger partial charge is 0.398 e. The highest BCUT2D eigenvalue weighted by atomic mass is 79.9. The number of nitrogens with one attached hydrogen (secondary N) is 1. The molecule has 0 amide bonds. The van der Waals surface area contributed by atoms with Crippen LogP contribution < -0.4 is 10.5 Å². The summed E-state index contributed by atoms with van der Waals surface area (Å²) in [5.41, 5.74) is 6.68. The lowest BCUT2D eigenvalue weighted by Gasteiger charge is -2.28. The molecular formula is C13H21BrN2O2S. The number of nitrogen functional groups attached to an aromatic ring is 1. The van der Waals surface area contributed by atoms with Crippen LogP contribution in [0.2, 0.25) is 0 Å². The Bertz CT molecular complexity index is 577. The Morgan fingerprint density at radius 2 is 1.84 bits per heavy atom. The maximum Gasteiger partial charge on any atom is 0.241 e. The van der Waals surface area contributed by atoms with E-state index in [1.165, 1.54) is 0 Å². The molecule has 0 aromatic heterocycles. The number of rotatable bonds is 3. The zero-order chi connectivity index (χ0) is 15.0. The zero-order valence-corrected chi connectivity index (χ0v) is 14.3. The minimum absolute atomic E-state index is 0.154. The fraction of sp³-hybridized carbons (Fsp3) is 0.538. The Morgan fingerprint density at radius 3 is 2.32 bits per heavy atom. The number of sulfonamides is 1. The second kappa shape index (κ2) is 5.42. The predicted octanol–water partition coefficient (Wildman–Crippen LogP) is 3.05. The van der Waals surface area contributed by atoms with Gasteiger partial charge in [0, 0.05) is 16.2 Å². The lowest BCUT2D eigenvalue weighted by atomic mass is 9.89. The van der Waals surface area contributed by atoms with Crippen LogP contribution >= 0.6 is 15.9 Å². The molecule has 0 heterocycles. The van der Waals surface area contributed by atoms with Crippen molar-refractivity contribution in [2.75, 3.05) is 5.73 Å². The van der Waals surface area contributed by atoms with E-state index in [1.54, 1.807) is 19.1 Å². The summed E-state index contributed by atoms with van der Waals surface area (Å²) in [4.78, 5) is 0.218. The molecule has 1 aromatic carbocycles. The normalized spacial score (nSPS) is 14.4. The molecule has 0 spiro atoms. The predicted molar refractivity (Wildman–Crippen MR) is 82.5 cm³/mol. The molecular weight excluding hydrogens is 328 g/mol. The van der Waals surface area contributed by atoms with Gasteiger partial charge in [0.1, 0.15) is 0 Å². The van der Waals surface area contributed by atoms with E-state index < -0.39 is 10.0 Å². The van der Waals surface area contributed by atoms with Gasteiger partial charge >= 0.3 is 0 Å². The highest BCUT2D eigenvalue weighted by molar-refractivity contribution is 9.10. The van der Waals surface area contributed by atoms with E-state index in [9.17, 15) is 8.42 Å². The Hall–Kier alpha value is -0.590. The van der Waals surface area contributed by atoms with E-state index in [4.69, 9.17) is 5.73 Å². The molecule has 6 heteroatoms. The summed E-state index contributed by atoms with van der Waals surface area (Å²) < 4.78 is 28.2. The van der Waals surface area contributed by atoms with Gasteiger partial charge in [0.2, 0.25) is 10.0 Å². The summed E-state index contributed by atoms with van der Waals surface area (Å²) in [5, 5.41) is 0. The first-order valence-corrected chi connectivity index (χ1v) is 8.30. The van der Waals surface area contributed by atoms with E-state index in [0.717, 1.165) is 0 Å². The number of anilines is 1. The van der Waals surface area contributed by atoms with E-state index in [-0.39, 0.29) is 16.4 Å². The van der Waals surface area contributed by atoms with E-state index in [1.807, 2.05) is 27.7 Å². The molecule has 1 aromatic rings. The lowest BCUT2D eigenvalue weighted by molar-refractivity contribution is 0.317. The number of hydrogen-bond acceptors (Lipinski definition) is 3. The minimum Gasteiger partial charge on any atom is -0.398 e. The van der Waals surface area contributed by atoms with Gasteiger partial charge in [-0.25, -0.2) is 13.1 Å². The minimum atomic E-state index is -3.58. The molecule has 108 valence electrons. The number of halogens is 1. The maximum atomic E-state index is 12.4. The second-order valence-corrected chi connectivity index (χ2v) is 8.43. The third kappa shape index (κ3) is 3.94. The smallest absolute Gasteiger partial charge is 0.241 e. The van der Waals surface area contributed by atoms with E-state index >= 15 is 0 Å². The number of benzene rings is 1. The van der Waals surface area contributed by atoms with Gasteiger partial charge in [-0.3, -0.25) is 0 Å². The molecule has 0 aliphatic rings. The third-order valence-electron chi connectivity index (χ3n) is 3.29. The molecule has 0 aliphatic carbocycles. The molecule has 4 nitrogen and oxygen atoms in total. The van der Waals surface area contributed by atoms with Gasteiger partial charge < -0.3 is 5.73 Å². The topological polar surface area (TPSA) is 72.2 Å². The van der Waals surface area contributed by atoms with Crippen molar-refractivity contribution in [1.82, 2.24) is 4.72 Å². The van der Waals surface area contributed by atoms with Gasteiger partial charge in [0.05, 0.1) is 4.90 Å². The van der Waals surface area contributed by atoms with Crippen LogP contribution in [0, 0.1) is 12.3 Å². The summed E-state index contributed by atoms with van der Waals surface area (Å²) in [6.07, 6.45) is 0. The number of hydrogen-bond donors (Lipinski definition) is 2. The van der Waals surface area contributed by atoms with Crippen molar-refractivity contribution in [1.29, 1.82) is 0 Å². The SMILES string of the molecule is Cc1c(N)cc(Br)cc1S(=O)(=O)NC(C)C(C)(C)C. The third-order valence-corrected chi connectivity index (χ3v) is 5.41. The second-order valence-electron chi connectivity index (χ2n) is 5.83. The van der Waals surface area contributed by atoms with Gasteiger partial charge in [-0.2, -0.15) is 0 Å². The molecule has 1 atom stereocenters. The lowest BCUT2D eigenvalue weighted by Crippen LogP contribution is -2.41. The highest BCUT2D eigenvalue weighted by Gasteiger charge is 2.27. The van der Waals surface area contributed by atoms with Gasteiger partial charge in [0.15, 0.2) is 0 Å². The monoisotopic (exact) mass is 348 g/mol.